The fraction of sp³-hybridized carbons (Fsp3) is 0.500. The third-order valence-corrected chi connectivity index (χ3v) is 3.82. The number of hydrogen-bond acceptors (Lipinski definition) is 4. The lowest BCUT2D eigenvalue weighted by Crippen LogP contribution is -2.27. The summed E-state index contributed by atoms with van der Waals surface area (Å²) < 4.78 is 5.44. The van der Waals surface area contributed by atoms with Crippen LogP contribution in [0.2, 0.25) is 5.02 Å². The number of carbonyl (C=O) groups is 1. The molecule has 0 aliphatic carbocycles. The van der Waals surface area contributed by atoms with Gasteiger partial charge in [0, 0.05) is 18.9 Å². The van der Waals surface area contributed by atoms with E-state index < -0.39 is 0 Å². The number of hydrogen-bond donors (Lipinski definition) is 2. The Morgan fingerprint density at radius 1 is 1.35 bits per heavy atom. The summed E-state index contributed by atoms with van der Waals surface area (Å²) in [6, 6.07) is 7.19. The Bertz CT molecular complexity index is 404. The first-order valence-electron chi connectivity index (χ1n) is 6.56. The summed E-state index contributed by atoms with van der Waals surface area (Å²) in [5, 5.41) is 12.0. The first-order chi connectivity index (χ1) is 9.74. The number of aliphatic hydroxyl groups is 1. The van der Waals surface area contributed by atoms with E-state index in [0.717, 1.165) is 17.9 Å². The van der Waals surface area contributed by atoms with Gasteiger partial charge < -0.3 is 15.2 Å². The van der Waals surface area contributed by atoms with Crippen LogP contribution in [-0.4, -0.2) is 42.3 Å². The summed E-state index contributed by atoms with van der Waals surface area (Å²) in [5.74, 6) is 2.35. The van der Waals surface area contributed by atoms with Gasteiger partial charge in [-0.3, -0.25) is 4.79 Å². The van der Waals surface area contributed by atoms with Crippen molar-refractivity contribution in [1.29, 1.82) is 0 Å². The topological polar surface area (TPSA) is 58.6 Å². The third-order valence-electron chi connectivity index (χ3n) is 2.44. The zero-order valence-electron chi connectivity index (χ0n) is 11.3. The van der Waals surface area contributed by atoms with Crippen molar-refractivity contribution < 1.29 is 14.6 Å². The number of aliphatic hydroxyl groups excluding tert-OH is 1. The van der Waals surface area contributed by atoms with E-state index in [0.29, 0.717) is 30.3 Å². The van der Waals surface area contributed by atoms with Gasteiger partial charge in [0.2, 0.25) is 5.91 Å². The van der Waals surface area contributed by atoms with Gasteiger partial charge in [0.05, 0.1) is 18.1 Å². The highest BCUT2D eigenvalue weighted by Gasteiger charge is 2.03. The molecule has 1 rings (SSSR count). The summed E-state index contributed by atoms with van der Waals surface area (Å²) in [6.07, 6.45) is 1.11. The molecule has 0 aliphatic rings. The number of carbonyl (C=O) groups excluding carboxylic acids is 1. The van der Waals surface area contributed by atoms with Crippen LogP contribution in [0.4, 0.5) is 0 Å². The van der Waals surface area contributed by atoms with Crippen LogP contribution in [-0.2, 0) is 4.79 Å². The molecular weight excluding hydrogens is 298 g/mol. The van der Waals surface area contributed by atoms with Crippen molar-refractivity contribution in [2.75, 3.05) is 31.3 Å². The van der Waals surface area contributed by atoms with Crippen molar-refractivity contribution in [3.8, 4) is 5.75 Å². The molecular formula is C14H20ClNO3S. The normalized spacial score (nSPS) is 10.3. The molecule has 0 aromatic heterocycles. The van der Waals surface area contributed by atoms with Gasteiger partial charge in [-0.15, -0.1) is 0 Å². The largest absolute Gasteiger partial charge is 0.491 e. The van der Waals surface area contributed by atoms with Gasteiger partial charge in [-0.05, 0) is 24.3 Å². The van der Waals surface area contributed by atoms with Crippen LogP contribution in [0.3, 0.4) is 0 Å². The molecule has 0 unspecified atom stereocenters. The van der Waals surface area contributed by atoms with Crippen LogP contribution in [0.1, 0.15) is 12.8 Å². The lowest BCUT2D eigenvalue weighted by atomic mass is 10.3. The van der Waals surface area contributed by atoms with Crippen molar-refractivity contribution in [3.63, 3.8) is 0 Å². The number of rotatable bonds is 10. The molecule has 0 saturated heterocycles. The number of ether oxygens (including phenoxy) is 1. The second-order valence-electron chi connectivity index (χ2n) is 4.07. The average Bonchev–Trinajstić information content (AvgIpc) is 2.45. The predicted octanol–water partition coefficient (Wildman–Crippen LogP) is 2.34. The number of halogens is 1. The van der Waals surface area contributed by atoms with E-state index in [1.807, 2.05) is 12.1 Å². The molecule has 1 aromatic carbocycles. The van der Waals surface area contributed by atoms with Gasteiger partial charge in [0.25, 0.3) is 0 Å². The maximum absolute atomic E-state index is 11.5. The van der Waals surface area contributed by atoms with E-state index in [1.54, 1.807) is 23.9 Å². The molecule has 0 fully saturated rings. The number of amides is 1. The minimum absolute atomic E-state index is 0.0280. The third kappa shape index (κ3) is 7.62. The summed E-state index contributed by atoms with van der Waals surface area (Å²) in [4.78, 5) is 11.5. The molecule has 0 radical (unpaired) electrons. The Balaban J connectivity index is 2.04. The highest BCUT2D eigenvalue weighted by atomic mass is 35.5. The Morgan fingerprint density at radius 2 is 2.15 bits per heavy atom. The number of thioether (sulfide) groups is 1. The predicted molar refractivity (Wildman–Crippen MR) is 83.6 cm³/mol. The van der Waals surface area contributed by atoms with Crippen LogP contribution >= 0.6 is 23.4 Å². The van der Waals surface area contributed by atoms with E-state index in [4.69, 9.17) is 21.4 Å². The minimum atomic E-state index is -0.0280. The van der Waals surface area contributed by atoms with Crippen LogP contribution in [0, 0.1) is 0 Å². The highest BCUT2D eigenvalue weighted by Crippen LogP contribution is 2.22. The van der Waals surface area contributed by atoms with Gasteiger partial charge in [0.15, 0.2) is 0 Å². The molecule has 20 heavy (non-hydrogen) atoms. The van der Waals surface area contributed by atoms with Crippen LogP contribution in [0.15, 0.2) is 24.3 Å². The molecule has 1 aromatic rings. The van der Waals surface area contributed by atoms with E-state index >= 15 is 0 Å². The quantitative estimate of drug-likeness (QED) is 0.650. The van der Waals surface area contributed by atoms with E-state index in [1.165, 1.54) is 0 Å². The minimum Gasteiger partial charge on any atom is -0.491 e. The molecule has 6 heteroatoms. The second-order valence-corrected chi connectivity index (χ2v) is 5.70. The van der Waals surface area contributed by atoms with Gasteiger partial charge >= 0.3 is 0 Å². The van der Waals surface area contributed by atoms with Crippen molar-refractivity contribution >= 4 is 29.3 Å². The molecule has 2 N–H and O–H groups in total. The summed E-state index contributed by atoms with van der Waals surface area (Å²) in [5.41, 5.74) is 0. The Kier molecular flexibility index (Phi) is 9.28. The average molecular weight is 318 g/mol. The zero-order valence-corrected chi connectivity index (χ0v) is 12.9. The van der Waals surface area contributed by atoms with Crippen LogP contribution < -0.4 is 10.1 Å². The van der Waals surface area contributed by atoms with Crippen molar-refractivity contribution in [2.24, 2.45) is 0 Å². The van der Waals surface area contributed by atoms with E-state index in [2.05, 4.69) is 5.32 Å². The SMILES string of the molecule is O=C(CCOc1ccccc1Cl)NCCSCCCO. The van der Waals surface area contributed by atoms with Gasteiger partial charge in [-0.25, -0.2) is 0 Å². The Morgan fingerprint density at radius 3 is 2.90 bits per heavy atom. The molecule has 0 saturated carbocycles. The molecule has 0 heterocycles. The summed E-state index contributed by atoms with van der Waals surface area (Å²) in [7, 11) is 0. The first kappa shape index (κ1) is 17.1. The Labute approximate surface area is 128 Å². The van der Waals surface area contributed by atoms with E-state index in [-0.39, 0.29) is 12.5 Å². The molecule has 0 bridgehead atoms. The first-order valence-corrected chi connectivity index (χ1v) is 8.10. The van der Waals surface area contributed by atoms with E-state index in [9.17, 15) is 4.79 Å². The Hall–Kier alpha value is -0.910. The van der Waals surface area contributed by atoms with Crippen molar-refractivity contribution in [2.45, 2.75) is 12.8 Å². The summed E-state index contributed by atoms with van der Waals surface area (Å²) >= 11 is 7.66. The smallest absolute Gasteiger partial charge is 0.223 e. The number of benzene rings is 1. The second kappa shape index (κ2) is 10.8. The highest BCUT2D eigenvalue weighted by molar-refractivity contribution is 7.99. The molecule has 1 amide bonds. The van der Waals surface area contributed by atoms with Crippen molar-refractivity contribution in [3.05, 3.63) is 29.3 Å². The maximum atomic E-state index is 11.5. The fourth-order valence-electron chi connectivity index (χ4n) is 1.44. The standard InChI is InChI=1S/C14H20ClNO3S/c15-12-4-1-2-5-13(12)19-9-6-14(18)16-7-11-20-10-3-8-17/h1-2,4-5,17H,3,6-11H2,(H,16,18). The molecule has 112 valence electrons. The monoisotopic (exact) mass is 317 g/mol. The number of para-hydroxylation sites is 1. The molecule has 0 spiro atoms. The maximum Gasteiger partial charge on any atom is 0.223 e. The molecule has 0 aliphatic heterocycles. The van der Waals surface area contributed by atoms with Crippen LogP contribution in [0.5, 0.6) is 5.75 Å². The van der Waals surface area contributed by atoms with Gasteiger partial charge in [0.1, 0.15) is 5.75 Å². The van der Waals surface area contributed by atoms with Crippen molar-refractivity contribution in [1.82, 2.24) is 5.32 Å². The molecule has 4 nitrogen and oxygen atoms in total. The molecule has 0 atom stereocenters. The number of nitrogens with one attached hydrogen (secondary N) is 1. The fourth-order valence-corrected chi connectivity index (χ4v) is 2.41. The van der Waals surface area contributed by atoms with Gasteiger partial charge in [-0.1, -0.05) is 23.7 Å². The lowest BCUT2D eigenvalue weighted by Gasteiger charge is -2.08. The zero-order chi connectivity index (χ0) is 14.6. The van der Waals surface area contributed by atoms with Gasteiger partial charge in [-0.2, -0.15) is 11.8 Å². The summed E-state index contributed by atoms with van der Waals surface area (Å²) in [6.45, 7) is 1.17. The van der Waals surface area contributed by atoms with Crippen LogP contribution in [0.25, 0.3) is 0 Å². The lowest BCUT2D eigenvalue weighted by molar-refractivity contribution is -0.121.